The Kier molecular flexibility index (Phi) is 6.31. The Balaban J connectivity index is 1.69. The van der Waals surface area contributed by atoms with Crippen LogP contribution in [0.5, 0.6) is 0 Å². The third-order valence-electron chi connectivity index (χ3n) is 3.70. The molecule has 10 nitrogen and oxygen atoms in total. The molecule has 2 heterocycles. The average molecular weight is 420 g/mol. The maximum atomic E-state index is 12.1. The first-order valence-corrected chi connectivity index (χ1v) is 10.4. The molecule has 1 aliphatic heterocycles. The summed E-state index contributed by atoms with van der Waals surface area (Å²) in [6.07, 6.45) is 7.66. The normalized spacial score (nSPS) is 14.1. The molecule has 0 bridgehead atoms. The number of benzene rings is 1. The van der Waals surface area contributed by atoms with Crippen molar-refractivity contribution in [3.05, 3.63) is 47.8 Å². The zero-order chi connectivity index (χ0) is 20.1. The summed E-state index contributed by atoms with van der Waals surface area (Å²) in [7, 11) is 0. The van der Waals surface area contributed by atoms with Crippen LogP contribution in [0, 0.1) is 0 Å². The molecule has 1 saturated heterocycles. The van der Waals surface area contributed by atoms with Crippen LogP contribution >= 0.6 is 23.9 Å². The number of amides is 2. The minimum Gasteiger partial charge on any atom is -0.325 e. The van der Waals surface area contributed by atoms with Crippen molar-refractivity contribution in [2.24, 2.45) is 15.4 Å². The number of aromatic nitrogens is 2. The molecule has 146 valence electrons. The number of hydroxylamine groups is 2. The monoisotopic (exact) mass is 420 g/mol. The molecule has 0 saturated carbocycles. The first-order chi connectivity index (χ1) is 13.5. The van der Waals surface area contributed by atoms with Crippen LogP contribution in [0.3, 0.4) is 0 Å². The van der Waals surface area contributed by atoms with Gasteiger partial charge < -0.3 is 4.84 Å². The highest BCUT2D eigenvalue weighted by Crippen LogP contribution is 2.17. The first-order valence-electron chi connectivity index (χ1n) is 8.05. The van der Waals surface area contributed by atoms with Crippen molar-refractivity contribution in [1.29, 1.82) is 0 Å². The van der Waals surface area contributed by atoms with Crippen molar-refractivity contribution in [2.45, 2.75) is 12.8 Å². The lowest BCUT2D eigenvalue weighted by Crippen LogP contribution is -2.32. The quantitative estimate of drug-likeness (QED) is 0.403. The summed E-state index contributed by atoms with van der Waals surface area (Å²) in [5.74, 6) is -1.85. The van der Waals surface area contributed by atoms with E-state index in [1.54, 1.807) is 12.1 Å². The predicted molar refractivity (Wildman–Crippen MR) is 103 cm³/mol. The minimum atomic E-state index is -0.796. The van der Waals surface area contributed by atoms with Crippen LogP contribution in [-0.4, -0.2) is 43.3 Å². The second-order valence-electron chi connectivity index (χ2n) is 5.41. The molecule has 1 aromatic heterocycles. The van der Waals surface area contributed by atoms with Gasteiger partial charge in [0.25, 0.3) is 17.4 Å². The van der Waals surface area contributed by atoms with E-state index in [0.29, 0.717) is 16.4 Å². The fourth-order valence-corrected chi connectivity index (χ4v) is 3.28. The molecular formula is C16H16N6O4S2. The maximum Gasteiger partial charge on any atom is 0.363 e. The van der Waals surface area contributed by atoms with Crippen molar-refractivity contribution in [3.63, 3.8) is 0 Å². The molecule has 1 aliphatic rings. The summed E-state index contributed by atoms with van der Waals surface area (Å²) in [4.78, 5) is 39.9. The van der Waals surface area contributed by atoms with E-state index in [1.807, 2.05) is 32.9 Å². The van der Waals surface area contributed by atoms with E-state index in [-0.39, 0.29) is 18.4 Å². The Labute approximate surface area is 168 Å². The standard InChI is InChI=1S/C16H16N6O4S2/c1-27-20-9-10-21(28-2)16(20)18-19-17-12-5-3-11(4-6-12)15(25)26-22-13(23)7-8-14(22)24/h3-6,9-10H,7-8H2,1-2H3/b19-17+. The van der Waals surface area contributed by atoms with Gasteiger partial charge in [-0.05, 0) is 53.4 Å². The van der Waals surface area contributed by atoms with Crippen LogP contribution in [0.25, 0.3) is 0 Å². The molecule has 0 unspecified atom stereocenters. The van der Waals surface area contributed by atoms with Gasteiger partial charge in [0.15, 0.2) is 0 Å². The molecule has 0 spiro atoms. The second-order valence-corrected chi connectivity index (χ2v) is 6.93. The summed E-state index contributed by atoms with van der Waals surface area (Å²) >= 11 is 2.96. The number of hydrogen-bond acceptors (Lipinski definition) is 8. The molecule has 1 fully saturated rings. The zero-order valence-electron chi connectivity index (χ0n) is 15.0. The van der Waals surface area contributed by atoms with Crippen molar-refractivity contribution in [3.8, 4) is 0 Å². The number of imidazole rings is 1. The lowest BCUT2D eigenvalue weighted by molar-refractivity contribution is -0.172. The van der Waals surface area contributed by atoms with E-state index in [4.69, 9.17) is 4.84 Å². The molecule has 0 radical (unpaired) electrons. The van der Waals surface area contributed by atoms with E-state index in [1.165, 1.54) is 36.0 Å². The number of nitrogens with zero attached hydrogens (tertiary/aromatic N) is 6. The van der Waals surface area contributed by atoms with Gasteiger partial charge in [0.05, 0.1) is 11.3 Å². The van der Waals surface area contributed by atoms with Gasteiger partial charge in [0.1, 0.15) is 0 Å². The van der Waals surface area contributed by atoms with Crippen LogP contribution in [0.4, 0.5) is 5.69 Å². The molecule has 3 rings (SSSR count). The van der Waals surface area contributed by atoms with Crippen LogP contribution < -0.4 is 5.62 Å². The number of rotatable bonds is 6. The minimum absolute atomic E-state index is 0.0470. The van der Waals surface area contributed by atoms with E-state index in [0.717, 1.165) is 0 Å². The van der Waals surface area contributed by atoms with Gasteiger partial charge in [-0.1, -0.05) is 5.10 Å². The van der Waals surface area contributed by atoms with E-state index in [2.05, 4.69) is 15.4 Å². The molecule has 12 heteroatoms. The maximum absolute atomic E-state index is 12.1. The molecule has 1 aromatic carbocycles. The van der Waals surface area contributed by atoms with Crippen molar-refractivity contribution < 1.29 is 19.2 Å². The molecule has 0 aliphatic carbocycles. The van der Waals surface area contributed by atoms with Crippen molar-refractivity contribution in [1.82, 2.24) is 13.0 Å². The van der Waals surface area contributed by atoms with Crippen LogP contribution in [0.2, 0.25) is 0 Å². The van der Waals surface area contributed by atoms with E-state index < -0.39 is 17.8 Å². The number of hydrogen-bond donors (Lipinski definition) is 0. The Morgan fingerprint density at radius 3 is 2.11 bits per heavy atom. The first kappa shape index (κ1) is 19.9. The van der Waals surface area contributed by atoms with Gasteiger partial charge >= 0.3 is 5.97 Å². The molecule has 0 N–H and O–H groups in total. The second kappa shape index (κ2) is 8.89. The highest BCUT2D eigenvalue weighted by molar-refractivity contribution is 7.97. The average Bonchev–Trinajstić information content (AvgIpc) is 3.25. The van der Waals surface area contributed by atoms with Crippen molar-refractivity contribution >= 4 is 47.4 Å². The number of carbonyl (C=O) groups excluding carboxylic acids is 3. The van der Waals surface area contributed by atoms with E-state index >= 15 is 0 Å². The SMILES string of the molecule is CSn1ccn(SC)c1=N/N=N/c1ccc(C(=O)ON2C(=O)CCC2=O)cc1. The van der Waals surface area contributed by atoms with Gasteiger partial charge in [0, 0.05) is 37.7 Å². The third kappa shape index (κ3) is 4.34. The van der Waals surface area contributed by atoms with E-state index in [9.17, 15) is 14.4 Å². The highest BCUT2D eigenvalue weighted by Gasteiger charge is 2.33. The Morgan fingerprint density at radius 1 is 1.00 bits per heavy atom. The summed E-state index contributed by atoms with van der Waals surface area (Å²) in [6, 6.07) is 6.04. The molecule has 28 heavy (non-hydrogen) atoms. The summed E-state index contributed by atoms with van der Waals surface area (Å²) in [6.45, 7) is 0. The summed E-state index contributed by atoms with van der Waals surface area (Å²) in [5, 5.41) is 12.5. The topological polar surface area (TPSA) is 111 Å². The van der Waals surface area contributed by atoms with Gasteiger partial charge in [-0.25, -0.2) is 4.79 Å². The molecule has 2 aromatic rings. The predicted octanol–water partition coefficient (Wildman–Crippen LogP) is 2.36. The Bertz CT molecular complexity index is 955. The number of imide groups is 1. The summed E-state index contributed by atoms with van der Waals surface area (Å²) in [5.41, 5.74) is 1.27. The smallest absolute Gasteiger partial charge is 0.325 e. The van der Waals surface area contributed by atoms with Gasteiger partial charge in [-0.3, -0.25) is 17.5 Å². The fourth-order valence-electron chi connectivity index (χ4n) is 2.30. The third-order valence-corrected chi connectivity index (χ3v) is 5.06. The highest BCUT2D eigenvalue weighted by atomic mass is 32.2. The van der Waals surface area contributed by atoms with Gasteiger partial charge in [-0.2, -0.15) is 0 Å². The molecular weight excluding hydrogens is 404 g/mol. The zero-order valence-corrected chi connectivity index (χ0v) is 16.6. The lowest BCUT2D eigenvalue weighted by atomic mass is 10.2. The Morgan fingerprint density at radius 2 is 1.57 bits per heavy atom. The number of carbonyl (C=O) groups is 3. The van der Waals surface area contributed by atoms with Crippen LogP contribution in [-0.2, 0) is 14.4 Å². The molecule has 0 atom stereocenters. The lowest BCUT2D eigenvalue weighted by Gasteiger charge is -2.12. The fraction of sp³-hybridized carbons (Fsp3) is 0.250. The van der Waals surface area contributed by atoms with Crippen molar-refractivity contribution in [2.75, 3.05) is 12.5 Å². The summed E-state index contributed by atoms with van der Waals surface area (Å²) < 4.78 is 3.69. The van der Waals surface area contributed by atoms with Crippen LogP contribution in [0.1, 0.15) is 23.2 Å². The van der Waals surface area contributed by atoms with Crippen LogP contribution in [0.15, 0.2) is 52.1 Å². The van der Waals surface area contributed by atoms with Gasteiger partial charge in [-0.15, -0.1) is 10.2 Å². The Hall–Kier alpha value is -2.86. The van der Waals surface area contributed by atoms with Gasteiger partial charge in [0.2, 0.25) is 0 Å². The largest absolute Gasteiger partial charge is 0.363 e. The molecule has 2 amide bonds.